The van der Waals surface area contributed by atoms with Crippen molar-refractivity contribution >= 4 is 27.5 Å². The van der Waals surface area contributed by atoms with E-state index in [-0.39, 0.29) is 11.5 Å². The number of aryl methyl sites for hydroxylation is 2. The molecule has 1 aliphatic rings. The highest BCUT2D eigenvalue weighted by Gasteiger charge is 2.25. The van der Waals surface area contributed by atoms with E-state index in [0.29, 0.717) is 41.3 Å². The molecule has 7 nitrogen and oxygen atoms in total. The Kier molecular flexibility index (Phi) is 6.34. The highest BCUT2D eigenvalue weighted by atomic mass is 32.1. The quantitative estimate of drug-likeness (QED) is 0.535. The second kappa shape index (κ2) is 9.14. The van der Waals surface area contributed by atoms with Gasteiger partial charge in [0.15, 0.2) is 0 Å². The fraction of sp³-hybridized carbons (Fsp3) is 0.500. The number of amides is 1. The van der Waals surface area contributed by atoms with E-state index in [2.05, 4.69) is 0 Å². The summed E-state index contributed by atoms with van der Waals surface area (Å²) in [7, 11) is 1.65. The molecule has 0 aromatic carbocycles. The molecule has 160 valence electrons. The minimum absolute atomic E-state index is 0.0123. The van der Waals surface area contributed by atoms with E-state index in [9.17, 15) is 9.59 Å². The molecular weight excluding hydrogens is 402 g/mol. The van der Waals surface area contributed by atoms with Crippen LogP contribution in [0.25, 0.3) is 10.2 Å². The van der Waals surface area contributed by atoms with Gasteiger partial charge in [-0.15, -0.1) is 11.3 Å². The summed E-state index contributed by atoms with van der Waals surface area (Å²) in [6, 6.07) is 3.68. The Morgan fingerprint density at radius 2 is 2.23 bits per heavy atom. The maximum Gasteiger partial charge on any atom is 0.264 e. The van der Waals surface area contributed by atoms with E-state index >= 15 is 0 Å². The van der Waals surface area contributed by atoms with Crippen LogP contribution in [0.3, 0.4) is 0 Å². The Bertz CT molecular complexity index is 1080. The number of ether oxygens (including phenoxy) is 1. The molecule has 3 aromatic heterocycles. The molecule has 0 spiro atoms. The average Bonchev–Trinajstić information content (AvgIpc) is 3.28. The zero-order valence-electron chi connectivity index (χ0n) is 17.5. The first-order valence-electron chi connectivity index (χ1n) is 10.4. The first kappa shape index (κ1) is 20.8. The molecule has 0 fully saturated rings. The minimum atomic E-state index is -0.0948. The number of furan rings is 1. The third-order valence-electron chi connectivity index (χ3n) is 5.60. The third kappa shape index (κ3) is 4.06. The average molecular weight is 430 g/mol. The van der Waals surface area contributed by atoms with Crippen LogP contribution in [0, 0.1) is 6.92 Å². The summed E-state index contributed by atoms with van der Waals surface area (Å²) in [4.78, 5) is 34.5. The van der Waals surface area contributed by atoms with Gasteiger partial charge < -0.3 is 14.1 Å². The Hall–Kier alpha value is -2.45. The smallest absolute Gasteiger partial charge is 0.264 e. The molecule has 1 amide bonds. The summed E-state index contributed by atoms with van der Waals surface area (Å²) in [5.41, 5.74) is 0.718. The number of rotatable bonds is 7. The predicted octanol–water partition coefficient (Wildman–Crippen LogP) is 3.76. The van der Waals surface area contributed by atoms with Crippen LogP contribution in [-0.2, 0) is 24.2 Å². The number of methoxy groups -OCH3 is 1. The van der Waals surface area contributed by atoms with E-state index < -0.39 is 0 Å². The predicted molar refractivity (Wildman–Crippen MR) is 116 cm³/mol. The number of fused-ring (bicyclic) bond motifs is 2. The molecule has 30 heavy (non-hydrogen) atoms. The number of aromatic nitrogens is 2. The zero-order valence-corrected chi connectivity index (χ0v) is 18.3. The second-order valence-corrected chi connectivity index (χ2v) is 8.68. The second-order valence-electron chi connectivity index (χ2n) is 7.68. The Balaban J connectivity index is 1.71. The lowest BCUT2D eigenvalue weighted by molar-refractivity contribution is 0.0715. The van der Waals surface area contributed by atoms with Crippen LogP contribution in [0.2, 0.25) is 0 Å². The fourth-order valence-electron chi connectivity index (χ4n) is 4.00. The minimum Gasteiger partial charge on any atom is -0.467 e. The van der Waals surface area contributed by atoms with E-state index in [1.807, 2.05) is 23.6 Å². The van der Waals surface area contributed by atoms with Gasteiger partial charge in [-0.1, -0.05) is 6.42 Å². The van der Waals surface area contributed by atoms with Crippen molar-refractivity contribution in [3.63, 3.8) is 0 Å². The molecule has 0 aliphatic carbocycles. The standard InChI is InChI=1S/C22H27N3O4S/c1-15-18-20(23-17-9-4-3-5-11-25(17)21(18)26)30-19(15)22(27)24(10-7-12-28-2)14-16-8-6-13-29-16/h6,8,13H,3-5,7,9-12,14H2,1-2H3. The van der Waals surface area contributed by atoms with Crippen LogP contribution < -0.4 is 5.56 Å². The number of carbonyl (C=O) groups is 1. The van der Waals surface area contributed by atoms with Crippen LogP contribution >= 0.6 is 11.3 Å². The van der Waals surface area contributed by atoms with Crippen molar-refractivity contribution in [3.8, 4) is 0 Å². The van der Waals surface area contributed by atoms with Crippen LogP contribution in [0.4, 0.5) is 0 Å². The van der Waals surface area contributed by atoms with Gasteiger partial charge in [0.2, 0.25) is 0 Å². The van der Waals surface area contributed by atoms with E-state index in [1.54, 1.807) is 18.3 Å². The molecule has 0 radical (unpaired) electrons. The van der Waals surface area contributed by atoms with Gasteiger partial charge in [0, 0.05) is 33.2 Å². The Labute approximate surface area is 179 Å². The first-order valence-corrected chi connectivity index (χ1v) is 11.2. The third-order valence-corrected chi connectivity index (χ3v) is 6.77. The monoisotopic (exact) mass is 429 g/mol. The van der Waals surface area contributed by atoms with Crippen molar-refractivity contribution in [1.82, 2.24) is 14.5 Å². The molecule has 8 heteroatoms. The molecule has 0 saturated heterocycles. The number of carbonyl (C=O) groups excluding carboxylic acids is 1. The van der Waals surface area contributed by atoms with Crippen molar-refractivity contribution in [3.05, 3.63) is 50.8 Å². The molecule has 0 bridgehead atoms. The lowest BCUT2D eigenvalue weighted by Gasteiger charge is -2.21. The van der Waals surface area contributed by atoms with E-state index in [1.165, 1.54) is 11.3 Å². The highest BCUT2D eigenvalue weighted by Crippen LogP contribution is 2.30. The summed E-state index contributed by atoms with van der Waals surface area (Å²) in [5.74, 6) is 1.48. The van der Waals surface area contributed by atoms with Crippen molar-refractivity contribution < 1.29 is 13.9 Å². The molecule has 0 saturated carbocycles. The largest absolute Gasteiger partial charge is 0.467 e. The summed E-state index contributed by atoms with van der Waals surface area (Å²) in [6.45, 7) is 4.06. The normalized spacial score (nSPS) is 13.9. The lowest BCUT2D eigenvalue weighted by Crippen LogP contribution is -2.32. The fourth-order valence-corrected chi connectivity index (χ4v) is 5.16. The molecule has 0 unspecified atom stereocenters. The number of hydrogen-bond acceptors (Lipinski definition) is 6. The number of nitrogens with zero attached hydrogens (tertiary/aromatic N) is 3. The van der Waals surface area contributed by atoms with Crippen molar-refractivity contribution in [2.75, 3.05) is 20.3 Å². The number of hydrogen-bond donors (Lipinski definition) is 0. The van der Waals surface area contributed by atoms with Gasteiger partial charge in [-0.25, -0.2) is 4.98 Å². The van der Waals surface area contributed by atoms with Crippen molar-refractivity contribution in [1.29, 1.82) is 0 Å². The van der Waals surface area contributed by atoms with Gasteiger partial charge >= 0.3 is 0 Å². The van der Waals surface area contributed by atoms with Gasteiger partial charge in [-0.2, -0.15) is 0 Å². The van der Waals surface area contributed by atoms with Crippen LogP contribution in [-0.4, -0.2) is 40.6 Å². The summed E-state index contributed by atoms with van der Waals surface area (Å²) >= 11 is 1.33. The molecule has 4 rings (SSSR count). The van der Waals surface area contributed by atoms with Gasteiger partial charge in [-0.05, 0) is 43.9 Å². The highest BCUT2D eigenvalue weighted by molar-refractivity contribution is 7.20. The van der Waals surface area contributed by atoms with Crippen LogP contribution in [0.1, 0.15) is 52.5 Å². The Morgan fingerprint density at radius 1 is 1.37 bits per heavy atom. The molecular formula is C22H27N3O4S. The maximum absolute atomic E-state index is 13.5. The van der Waals surface area contributed by atoms with Crippen molar-refractivity contribution in [2.24, 2.45) is 0 Å². The number of thiophene rings is 1. The first-order chi connectivity index (χ1) is 14.6. The molecule has 0 N–H and O–H groups in total. The zero-order chi connectivity index (χ0) is 21.1. The summed E-state index contributed by atoms with van der Waals surface area (Å²) < 4.78 is 12.4. The van der Waals surface area contributed by atoms with Crippen molar-refractivity contribution in [2.45, 2.75) is 52.1 Å². The molecule has 3 aromatic rings. The van der Waals surface area contributed by atoms with Gasteiger partial charge in [0.25, 0.3) is 11.5 Å². The maximum atomic E-state index is 13.5. The van der Waals surface area contributed by atoms with Gasteiger partial charge in [0.1, 0.15) is 16.4 Å². The van der Waals surface area contributed by atoms with Gasteiger partial charge in [0.05, 0.1) is 23.1 Å². The Morgan fingerprint density at radius 3 is 3.00 bits per heavy atom. The van der Waals surface area contributed by atoms with Gasteiger partial charge in [-0.3, -0.25) is 14.2 Å². The molecule has 4 heterocycles. The molecule has 1 aliphatic heterocycles. The lowest BCUT2D eigenvalue weighted by atomic mass is 10.2. The van der Waals surface area contributed by atoms with E-state index in [0.717, 1.165) is 49.3 Å². The van der Waals surface area contributed by atoms with E-state index in [4.69, 9.17) is 14.1 Å². The topological polar surface area (TPSA) is 77.6 Å². The SMILES string of the molecule is COCCCN(Cc1ccco1)C(=O)c1sc2nc3n(c(=O)c2c1C)CCCCC3. The molecule has 0 atom stereocenters. The summed E-state index contributed by atoms with van der Waals surface area (Å²) in [6.07, 6.45) is 6.29. The van der Waals surface area contributed by atoms with Crippen LogP contribution in [0.15, 0.2) is 27.6 Å². The summed E-state index contributed by atoms with van der Waals surface area (Å²) in [5, 5.41) is 0.587. The van der Waals surface area contributed by atoms with Crippen LogP contribution in [0.5, 0.6) is 0 Å².